The molecule has 3 aromatic carbocycles. The molecular weight excluding hydrogens is 479 g/mol. The maximum Gasteiger partial charge on any atom is 0.274 e. The van der Waals surface area contributed by atoms with Gasteiger partial charge >= 0.3 is 0 Å². The molecule has 174 valence electrons. The maximum absolute atomic E-state index is 14.5. The molecule has 1 atom stereocenters. The maximum atomic E-state index is 14.5. The molecular formula is C25H20ClFN2O4S. The van der Waals surface area contributed by atoms with E-state index in [-0.39, 0.29) is 23.5 Å². The number of halogens is 2. The first-order chi connectivity index (χ1) is 16.2. The number of anilines is 2. The Bertz CT molecular complexity index is 1420. The fourth-order valence-corrected chi connectivity index (χ4v) is 6.87. The van der Waals surface area contributed by atoms with Crippen molar-refractivity contribution in [2.75, 3.05) is 15.6 Å². The van der Waals surface area contributed by atoms with Crippen LogP contribution in [0.3, 0.4) is 0 Å². The SMILES string of the molecule is CCc1ccc(N2C(=O)CS(=O)(=O)C23C(=O)N(Cc2ccc(Cl)cc2)c2ccc(F)cc23)cc1. The van der Waals surface area contributed by atoms with Crippen LogP contribution in [0.2, 0.25) is 5.02 Å². The Morgan fingerprint density at radius 3 is 2.26 bits per heavy atom. The van der Waals surface area contributed by atoms with Crippen molar-refractivity contribution >= 4 is 44.6 Å². The third-order valence-electron chi connectivity index (χ3n) is 6.33. The second-order valence-electron chi connectivity index (χ2n) is 8.33. The van der Waals surface area contributed by atoms with Crippen LogP contribution in [0.25, 0.3) is 0 Å². The lowest BCUT2D eigenvalue weighted by molar-refractivity contribution is -0.123. The zero-order valence-corrected chi connectivity index (χ0v) is 19.7. The molecule has 2 aliphatic heterocycles. The molecule has 1 unspecified atom stereocenters. The highest BCUT2D eigenvalue weighted by Crippen LogP contribution is 2.53. The molecule has 1 fully saturated rings. The van der Waals surface area contributed by atoms with Gasteiger partial charge in [-0.25, -0.2) is 12.8 Å². The van der Waals surface area contributed by atoms with E-state index in [2.05, 4.69) is 0 Å². The minimum atomic E-state index is -4.36. The Morgan fingerprint density at radius 2 is 1.62 bits per heavy atom. The molecule has 0 saturated carbocycles. The summed E-state index contributed by atoms with van der Waals surface area (Å²) in [7, 11) is -4.36. The van der Waals surface area contributed by atoms with Crippen LogP contribution in [-0.2, 0) is 37.3 Å². The first-order valence-electron chi connectivity index (χ1n) is 10.7. The monoisotopic (exact) mass is 498 g/mol. The number of rotatable bonds is 4. The van der Waals surface area contributed by atoms with Crippen molar-refractivity contribution in [1.82, 2.24) is 0 Å². The van der Waals surface area contributed by atoms with E-state index in [0.717, 1.165) is 23.0 Å². The molecule has 2 amide bonds. The van der Waals surface area contributed by atoms with Crippen molar-refractivity contribution in [2.24, 2.45) is 0 Å². The molecule has 0 N–H and O–H groups in total. The van der Waals surface area contributed by atoms with Crippen molar-refractivity contribution in [3.63, 3.8) is 0 Å². The number of carbonyl (C=O) groups is 2. The highest BCUT2D eigenvalue weighted by atomic mass is 35.5. The number of benzene rings is 3. The van der Waals surface area contributed by atoms with Gasteiger partial charge in [0.25, 0.3) is 10.8 Å². The van der Waals surface area contributed by atoms with E-state index in [1.165, 1.54) is 17.0 Å². The normalized spacial score (nSPS) is 20.9. The highest BCUT2D eigenvalue weighted by Gasteiger charge is 2.69. The van der Waals surface area contributed by atoms with Crippen LogP contribution in [0.1, 0.15) is 23.6 Å². The summed E-state index contributed by atoms with van der Waals surface area (Å²) < 4.78 is 41.6. The summed E-state index contributed by atoms with van der Waals surface area (Å²) in [6.45, 7) is 2.00. The van der Waals surface area contributed by atoms with Crippen LogP contribution < -0.4 is 9.80 Å². The van der Waals surface area contributed by atoms with Crippen molar-refractivity contribution < 1.29 is 22.4 Å². The molecule has 6 nitrogen and oxygen atoms in total. The lowest BCUT2D eigenvalue weighted by Gasteiger charge is -2.32. The quantitative estimate of drug-likeness (QED) is 0.540. The Balaban J connectivity index is 1.73. The fourth-order valence-electron chi connectivity index (χ4n) is 4.72. The molecule has 0 radical (unpaired) electrons. The van der Waals surface area contributed by atoms with E-state index in [1.54, 1.807) is 48.5 Å². The molecule has 0 aromatic heterocycles. The average molecular weight is 499 g/mol. The predicted molar refractivity (Wildman–Crippen MR) is 128 cm³/mol. The standard InChI is InChI=1S/C25H20ClFN2O4S/c1-2-16-5-10-20(11-6-16)29-23(30)15-34(32,33)25(29)21-13-19(27)9-12-22(21)28(24(25)31)14-17-3-7-18(26)8-4-17/h3-13H,2,14-15H2,1H3. The van der Waals surface area contributed by atoms with Gasteiger partial charge < -0.3 is 4.90 Å². The van der Waals surface area contributed by atoms with Crippen LogP contribution in [-0.4, -0.2) is 26.0 Å². The van der Waals surface area contributed by atoms with Crippen molar-refractivity contribution in [3.8, 4) is 0 Å². The van der Waals surface area contributed by atoms with Gasteiger partial charge in [0.15, 0.2) is 9.84 Å². The summed E-state index contributed by atoms with van der Waals surface area (Å²) in [6.07, 6.45) is 0.750. The lowest BCUT2D eigenvalue weighted by atomic mass is 10.0. The predicted octanol–water partition coefficient (Wildman–Crippen LogP) is 4.20. The average Bonchev–Trinajstić information content (AvgIpc) is 3.17. The molecule has 2 heterocycles. The smallest absolute Gasteiger partial charge is 0.274 e. The number of carbonyl (C=O) groups excluding carboxylic acids is 2. The molecule has 0 aliphatic carbocycles. The number of fused-ring (bicyclic) bond motifs is 2. The molecule has 5 rings (SSSR count). The number of aryl methyl sites for hydroxylation is 1. The van der Waals surface area contributed by atoms with E-state index in [9.17, 15) is 22.4 Å². The molecule has 0 bridgehead atoms. The number of amides is 2. The first kappa shape index (κ1) is 22.6. The first-order valence-corrected chi connectivity index (χ1v) is 12.7. The fraction of sp³-hybridized carbons (Fsp3) is 0.200. The van der Waals surface area contributed by atoms with Gasteiger partial charge in [0.2, 0.25) is 5.91 Å². The largest absolute Gasteiger partial charge is 0.304 e. The van der Waals surface area contributed by atoms with Crippen LogP contribution in [0.5, 0.6) is 0 Å². The van der Waals surface area contributed by atoms with Crippen molar-refractivity contribution in [1.29, 1.82) is 0 Å². The van der Waals surface area contributed by atoms with Gasteiger partial charge in [-0.2, -0.15) is 0 Å². The number of sulfone groups is 1. The molecule has 1 saturated heterocycles. The highest BCUT2D eigenvalue weighted by molar-refractivity contribution is 7.94. The topological polar surface area (TPSA) is 74.8 Å². The summed E-state index contributed by atoms with van der Waals surface area (Å²) in [5, 5.41) is 0.515. The van der Waals surface area contributed by atoms with Gasteiger partial charge in [-0.1, -0.05) is 42.8 Å². The van der Waals surface area contributed by atoms with Gasteiger partial charge in [0, 0.05) is 16.3 Å². The third kappa shape index (κ3) is 3.16. The number of nitrogens with zero attached hydrogens (tertiary/aromatic N) is 2. The van der Waals surface area contributed by atoms with E-state index in [0.29, 0.717) is 10.6 Å². The van der Waals surface area contributed by atoms with Crippen molar-refractivity contribution in [3.05, 3.63) is 94.3 Å². The Labute approximate surface area is 201 Å². The summed E-state index contributed by atoms with van der Waals surface area (Å²) in [6, 6.07) is 17.1. The Kier molecular flexibility index (Phi) is 5.26. The van der Waals surface area contributed by atoms with E-state index >= 15 is 0 Å². The zero-order valence-electron chi connectivity index (χ0n) is 18.2. The molecule has 3 aromatic rings. The van der Waals surface area contributed by atoms with Crippen LogP contribution in [0.15, 0.2) is 66.7 Å². The van der Waals surface area contributed by atoms with Crippen molar-refractivity contribution in [2.45, 2.75) is 24.8 Å². The van der Waals surface area contributed by atoms with Gasteiger partial charge in [0.05, 0.1) is 12.2 Å². The van der Waals surface area contributed by atoms with E-state index in [1.807, 2.05) is 6.92 Å². The molecule has 2 aliphatic rings. The summed E-state index contributed by atoms with van der Waals surface area (Å²) in [4.78, 5) is 27.1. The molecule has 34 heavy (non-hydrogen) atoms. The Morgan fingerprint density at radius 1 is 0.971 bits per heavy atom. The Hall–Kier alpha value is -3.23. The van der Waals surface area contributed by atoms with Gasteiger partial charge in [0.1, 0.15) is 11.6 Å². The molecule has 9 heteroatoms. The second-order valence-corrected chi connectivity index (χ2v) is 10.9. The number of hydrogen-bond donors (Lipinski definition) is 0. The van der Waals surface area contributed by atoms with E-state index < -0.39 is 38.1 Å². The molecule has 1 spiro atoms. The van der Waals surface area contributed by atoms with Gasteiger partial charge in [-0.3, -0.25) is 14.5 Å². The lowest BCUT2D eigenvalue weighted by Crippen LogP contribution is -2.54. The number of hydrogen-bond acceptors (Lipinski definition) is 4. The van der Waals surface area contributed by atoms with Crippen LogP contribution in [0.4, 0.5) is 15.8 Å². The summed E-state index contributed by atoms with van der Waals surface area (Å²) in [5.41, 5.74) is 2.14. The summed E-state index contributed by atoms with van der Waals surface area (Å²) >= 11 is 5.97. The zero-order chi connectivity index (χ0) is 24.3. The third-order valence-corrected chi connectivity index (χ3v) is 8.69. The van der Waals surface area contributed by atoms with E-state index in [4.69, 9.17) is 11.6 Å². The van der Waals surface area contributed by atoms with Crippen LogP contribution in [0, 0.1) is 5.82 Å². The minimum Gasteiger partial charge on any atom is -0.304 e. The minimum absolute atomic E-state index is 0.0305. The van der Waals surface area contributed by atoms with Crippen LogP contribution >= 0.6 is 11.6 Å². The van der Waals surface area contributed by atoms with Gasteiger partial charge in [-0.15, -0.1) is 0 Å². The van der Waals surface area contributed by atoms with Gasteiger partial charge in [-0.05, 0) is 60.0 Å². The second kappa shape index (κ2) is 7.92. The summed E-state index contributed by atoms with van der Waals surface area (Å²) in [5.74, 6) is -3.09.